The SMILES string of the molecule is COc1cc(OC)c(C(C(=O)c2ccc3ccc(OC)cc3c2)c2c(OC)cc(OC)cc2OC)c(OC)c1. The normalized spacial score (nSPS) is 10.8. The van der Waals surface area contributed by atoms with E-state index in [1.165, 1.54) is 28.4 Å². The van der Waals surface area contributed by atoms with Crippen LogP contribution in [0.15, 0.2) is 60.7 Å². The van der Waals surface area contributed by atoms with Crippen LogP contribution in [-0.2, 0) is 0 Å². The van der Waals surface area contributed by atoms with Gasteiger partial charge in [0, 0.05) is 29.8 Å². The maximum absolute atomic E-state index is 14.6. The summed E-state index contributed by atoms with van der Waals surface area (Å²) in [6, 6.07) is 18.1. The molecule has 204 valence electrons. The smallest absolute Gasteiger partial charge is 0.175 e. The van der Waals surface area contributed by atoms with E-state index < -0.39 is 5.92 Å². The number of fused-ring (bicyclic) bond motifs is 1. The molecule has 0 aromatic heterocycles. The van der Waals surface area contributed by atoms with E-state index >= 15 is 0 Å². The van der Waals surface area contributed by atoms with Crippen LogP contribution in [0.1, 0.15) is 27.4 Å². The van der Waals surface area contributed by atoms with Gasteiger partial charge in [-0.2, -0.15) is 0 Å². The fourth-order valence-electron chi connectivity index (χ4n) is 4.71. The van der Waals surface area contributed by atoms with Gasteiger partial charge in [-0.1, -0.05) is 18.2 Å². The predicted octanol–water partition coefficient (Wildman–Crippen LogP) is 5.91. The highest BCUT2D eigenvalue weighted by Gasteiger charge is 2.36. The number of benzene rings is 4. The highest BCUT2D eigenvalue weighted by atomic mass is 16.5. The Balaban J connectivity index is 2.05. The van der Waals surface area contributed by atoms with Crippen LogP contribution in [-0.4, -0.2) is 55.6 Å². The molecule has 0 amide bonds. The van der Waals surface area contributed by atoms with Crippen molar-refractivity contribution in [3.8, 4) is 40.2 Å². The number of Topliss-reactive ketones (excluding diaryl/α,β-unsaturated/α-hetero) is 1. The molecule has 0 radical (unpaired) electrons. The molecular weight excluding hydrogens is 500 g/mol. The van der Waals surface area contributed by atoms with Gasteiger partial charge in [0.15, 0.2) is 5.78 Å². The second kappa shape index (κ2) is 11.9. The van der Waals surface area contributed by atoms with E-state index in [0.29, 0.717) is 56.9 Å². The van der Waals surface area contributed by atoms with Gasteiger partial charge in [-0.05, 0) is 29.0 Å². The van der Waals surface area contributed by atoms with Gasteiger partial charge in [-0.3, -0.25) is 4.79 Å². The Morgan fingerprint density at radius 1 is 0.487 bits per heavy atom. The molecule has 0 aliphatic carbocycles. The first-order chi connectivity index (χ1) is 18.9. The molecule has 0 saturated heterocycles. The van der Waals surface area contributed by atoms with Crippen LogP contribution in [0.4, 0.5) is 0 Å². The summed E-state index contributed by atoms with van der Waals surface area (Å²) in [5, 5.41) is 1.84. The van der Waals surface area contributed by atoms with Crippen LogP contribution in [0.25, 0.3) is 10.8 Å². The lowest BCUT2D eigenvalue weighted by molar-refractivity contribution is 0.0969. The zero-order valence-corrected chi connectivity index (χ0v) is 23.1. The molecule has 0 spiro atoms. The van der Waals surface area contributed by atoms with Crippen molar-refractivity contribution in [1.29, 1.82) is 0 Å². The minimum absolute atomic E-state index is 0.219. The number of ketones is 1. The summed E-state index contributed by atoms with van der Waals surface area (Å²) in [6.45, 7) is 0. The lowest BCUT2D eigenvalue weighted by atomic mass is 9.82. The second-order valence-corrected chi connectivity index (χ2v) is 8.62. The Kier molecular flexibility index (Phi) is 8.34. The molecule has 0 heterocycles. The minimum Gasteiger partial charge on any atom is -0.497 e. The molecule has 0 saturated carbocycles. The van der Waals surface area contributed by atoms with Crippen LogP contribution >= 0.6 is 0 Å². The molecule has 4 aromatic carbocycles. The molecule has 0 aliphatic rings. The lowest BCUT2D eigenvalue weighted by Crippen LogP contribution is -2.18. The predicted molar refractivity (Wildman–Crippen MR) is 149 cm³/mol. The first-order valence-electron chi connectivity index (χ1n) is 12.1. The number of methoxy groups -OCH3 is 7. The summed E-state index contributed by atoms with van der Waals surface area (Å²) in [7, 11) is 10.8. The second-order valence-electron chi connectivity index (χ2n) is 8.62. The third kappa shape index (κ3) is 5.23. The third-order valence-electron chi connectivity index (χ3n) is 6.68. The van der Waals surface area contributed by atoms with E-state index in [1.54, 1.807) is 51.7 Å². The third-order valence-corrected chi connectivity index (χ3v) is 6.68. The van der Waals surface area contributed by atoms with Crippen LogP contribution in [0.5, 0.6) is 40.2 Å². The fraction of sp³-hybridized carbons (Fsp3) is 0.258. The molecule has 0 fully saturated rings. The van der Waals surface area contributed by atoms with Crippen molar-refractivity contribution in [2.45, 2.75) is 5.92 Å². The number of rotatable bonds is 11. The van der Waals surface area contributed by atoms with Crippen LogP contribution in [0.2, 0.25) is 0 Å². The maximum atomic E-state index is 14.6. The van der Waals surface area contributed by atoms with E-state index in [-0.39, 0.29) is 5.78 Å². The Morgan fingerprint density at radius 2 is 0.923 bits per heavy atom. The zero-order valence-electron chi connectivity index (χ0n) is 23.1. The highest BCUT2D eigenvalue weighted by molar-refractivity contribution is 6.07. The number of hydrogen-bond donors (Lipinski definition) is 0. The summed E-state index contributed by atoms with van der Waals surface area (Å²) in [4.78, 5) is 14.6. The molecule has 8 heteroatoms. The average molecular weight is 533 g/mol. The van der Waals surface area contributed by atoms with Gasteiger partial charge in [-0.25, -0.2) is 0 Å². The average Bonchev–Trinajstić information content (AvgIpc) is 2.99. The van der Waals surface area contributed by atoms with E-state index in [9.17, 15) is 4.79 Å². The highest BCUT2D eigenvalue weighted by Crippen LogP contribution is 2.49. The molecular formula is C31H32O8. The van der Waals surface area contributed by atoms with Crippen LogP contribution in [0, 0.1) is 0 Å². The van der Waals surface area contributed by atoms with Crippen molar-refractivity contribution in [3.63, 3.8) is 0 Å². The van der Waals surface area contributed by atoms with E-state index in [1.807, 2.05) is 30.3 Å². The van der Waals surface area contributed by atoms with Crippen LogP contribution in [0.3, 0.4) is 0 Å². The molecule has 39 heavy (non-hydrogen) atoms. The number of carbonyl (C=O) groups is 1. The molecule has 0 aliphatic heterocycles. The topological polar surface area (TPSA) is 81.7 Å². The standard InChI is InChI=1S/C31H32O8/c1-33-21-11-10-18-8-9-19(12-20(18)13-21)31(32)30(28-24(36-4)14-22(34-2)15-25(28)37-5)29-26(38-6)16-23(35-3)17-27(29)39-7/h8-17,30H,1-7H3. The van der Waals surface area contributed by atoms with Crippen molar-refractivity contribution < 1.29 is 38.0 Å². The van der Waals surface area contributed by atoms with Crippen molar-refractivity contribution in [2.24, 2.45) is 0 Å². The van der Waals surface area contributed by atoms with E-state index in [4.69, 9.17) is 33.2 Å². The van der Waals surface area contributed by atoms with Crippen LogP contribution < -0.4 is 33.2 Å². The van der Waals surface area contributed by atoms with Gasteiger partial charge in [0.25, 0.3) is 0 Å². The Labute approximate surface area is 227 Å². The van der Waals surface area contributed by atoms with Crippen molar-refractivity contribution >= 4 is 16.6 Å². The Morgan fingerprint density at radius 3 is 1.33 bits per heavy atom. The molecule has 0 atom stereocenters. The number of hydrogen-bond acceptors (Lipinski definition) is 8. The van der Waals surface area contributed by atoms with E-state index in [2.05, 4.69) is 0 Å². The van der Waals surface area contributed by atoms with Gasteiger partial charge in [0.1, 0.15) is 40.2 Å². The van der Waals surface area contributed by atoms with Crippen molar-refractivity contribution in [2.75, 3.05) is 49.8 Å². The monoisotopic (exact) mass is 532 g/mol. The summed E-state index contributed by atoms with van der Waals surface area (Å²) >= 11 is 0. The summed E-state index contributed by atoms with van der Waals surface area (Å²) in [6.07, 6.45) is 0. The zero-order chi connectivity index (χ0) is 28.1. The summed E-state index contributed by atoms with van der Waals surface area (Å²) in [5.74, 6) is 2.21. The molecule has 0 unspecified atom stereocenters. The summed E-state index contributed by atoms with van der Waals surface area (Å²) in [5.41, 5.74) is 1.47. The van der Waals surface area contributed by atoms with Gasteiger partial charge in [0.2, 0.25) is 0 Å². The van der Waals surface area contributed by atoms with E-state index in [0.717, 1.165) is 10.8 Å². The minimum atomic E-state index is -0.945. The molecule has 4 rings (SSSR count). The molecule has 0 bridgehead atoms. The first-order valence-corrected chi connectivity index (χ1v) is 12.1. The molecule has 4 aromatic rings. The van der Waals surface area contributed by atoms with Gasteiger partial charge in [-0.15, -0.1) is 0 Å². The van der Waals surface area contributed by atoms with Crippen molar-refractivity contribution in [1.82, 2.24) is 0 Å². The quantitative estimate of drug-likeness (QED) is 0.220. The maximum Gasteiger partial charge on any atom is 0.175 e. The fourth-order valence-corrected chi connectivity index (χ4v) is 4.71. The molecule has 8 nitrogen and oxygen atoms in total. The van der Waals surface area contributed by atoms with Gasteiger partial charge >= 0.3 is 0 Å². The summed E-state index contributed by atoms with van der Waals surface area (Å²) < 4.78 is 39.4. The number of ether oxygens (including phenoxy) is 7. The first kappa shape index (κ1) is 27.4. The largest absolute Gasteiger partial charge is 0.497 e. The number of carbonyl (C=O) groups excluding carboxylic acids is 1. The lowest BCUT2D eigenvalue weighted by Gasteiger charge is -2.26. The van der Waals surface area contributed by atoms with Gasteiger partial charge < -0.3 is 33.2 Å². The van der Waals surface area contributed by atoms with Crippen molar-refractivity contribution in [3.05, 3.63) is 77.4 Å². The Bertz CT molecular complexity index is 1380. The molecule has 0 N–H and O–H groups in total. The Hall–Kier alpha value is -4.59. The van der Waals surface area contributed by atoms with Gasteiger partial charge in [0.05, 0.1) is 66.8 Å².